The molecule has 0 saturated heterocycles. The van der Waals surface area contributed by atoms with Gasteiger partial charge in [0.25, 0.3) is 0 Å². The molecule has 80 heavy (non-hydrogen) atoms. The molecule has 0 aliphatic heterocycles. The Balaban J connectivity index is 4.33. The molecule has 1 atom stereocenters. The van der Waals surface area contributed by atoms with E-state index in [0.717, 1.165) is 122 Å². The van der Waals surface area contributed by atoms with E-state index < -0.39 is 6.10 Å². The van der Waals surface area contributed by atoms with Crippen LogP contribution < -0.4 is 0 Å². The first-order valence-electron chi connectivity index (χ1n) is 33.9. The number of ether oxygens (including phenoxy) is 3. The Morgan fingerprint density at radius 3 is 0.775 bits per heavy atom. The van der Waals surface area contributed by atoms with E-state index in [4.69, 9.17) is 14.2 Å². The van der Waals surface area contributed by atoms with Crippen molar-refractivity contribution in [3.63, 3.8) is 0 Å². The van der Waals surface area contributed by atoms with Crippen molar-refractivity contribution >= 4 is 17.9 Å². The third-order valence-electron chi connectivity index (χ3n) is 14.5. The standard InChI is InChI=1S/C74H126O6/c1-4-7-10-13-16-19-22-25-28-30-31-32-33-34-35-36-37-38-39-40-41-42-43-45-46-49-52-55-58-61-64-67-73(76)79-70-71(69-78-72(75)66-63-60-57-54-51-48-27-24-21-18-15-12-9-6-3)80-74(77)68-65-62-59-56-53-50-47-44-29-26-23-20-17-14-11-8-5-2/h7,10,16,19,25-26,28-29,31-32,34-35,37-38,40-41,43,45,71H,4-6,8-9,11-15,17-18,20-24,27,30,33,36,39,42,44,46-70H2,1-3H3/b10-7-,19-16-,28-25-,29-26-,32-31-,35-34-,38-37-,41-40-,45-43-. The summed E-state index contributed by atoms with van der Waals surface area (Å²) in [5.41, 5.74) is 0. The molecule has 0 radical (unpaired) electrons. The van der Waals surface area contributed by atoms with Crippen LogP contribution in [-0.2, 0) is 28.6 Å². The summed E-state index contributed by atoms with van der Waals surface area (Å²) in [6.07, 6.45) is 92.4. The van der Waals surface area contributed by atoms with Crippen LogP contribution in [0.4, 0.5) is 0 Å². The van der Waals surface area contributed by atoms with Crippen molar-refractivity contribution in [2.45, 2.75) is 329 Å². The fourth-order valence-corrected chi connectivity index (χ4v) is 9.45. The van der Waals surface area contributed by atoms with E-state index in [1.165, 1.54) is 161 Å². The van der Waals surface area contributed by atoms with E-state index in [2.05, 4.69) is 130 Å². The van der Waals surface area contributed by atoms with Gasteiger partial charge in [-0.25, -0.2) is 0 Å². The molecule has 0 saturated carbocycles. The summed E-state index contributed by atoms with van der Waals surface area (Å²) in [5.74, 6) is -0.889. The highest BCUT2D eigenvalue weighted by Crippen LogP contribution is 2.16. The summed E-state index contributed by atoms with van der Waals surface area (Å²) in [5, 5.41) is 0. The van der Waals surface area contributed by atoms with Gasteiger partial charge in [0.1, 0.15) is 13.2 Å². The molecule has 0 aliphatic rings. The smallest absolute Gasteiger partial charge is 0.306 e. The summed E-state index contributed by atoms with van der Waals surface area (Å²) in [6, 6.07) is 0. The molecular weight excluding hydrogens is 985 g/mol. The maximum Gasteiger partial charge on any atom is 0.306 e. The van der Waals surface area contributed by atoms with Crippen LogP contribution in [0, 0.1) is 0 Å². The second kappa shape index (κ2) is 67.6. The van der Waals surface area contributed by atoms with Gasteiger partial charge < -0.3 is 14.2 Å². The van der Waals surface area contributed by atoms with Gasteiger partial charge in [0.2, 0.25) is 0 Å². The molecule has 0 aromatic rings. The van der Waals surface area contributed by atoms with Crippen molar-refractivity contribution in [1.29, 1.82) is 0 Å². The molecule has 0 aliphatic carbocycles. The number of carbonyl (C=O) groups is 3. The molecule has 1 unspecified atom stereocenters. The van der Waals surface area contributed by atoms with Crippen molar-refractivity contribution in [1.82, 2.24) is 0 Å². The quantitative estimate of drug-likeness (QED) is 0.0261. The largest absolute Gasteiger partial charge is 0.462 e. The number of unbranched alkanes of at least 4 members (excludes halogenated alkanes) is 32. The first kappa shape index (κ1) is 76.1. The van der Waals surface area contributed by atoms with Gasteiger partial charge in [-0.3, -0.25) is 14.4 Å². The fraction of sp³-hybridized carbons (Fsp3) is 0.716. The lowest BCUT2D eigenvalue weighted by atomic mass is 10.0. The summed E-state index contributed by atoms with van der Waals surface area (Å²) in [6.45, 7) is 6.54. The van der Waals surface area contributed by atoms with E-state index in [1.807, 2.05) is 0 Å². The zero-order valence-corrected chi connectivity index (χ0v) is 52.6. The van der Waals surface area contributed by atoms with Crippen LogP contribution in [-0.4, -0.2) is 37.2 Å². The molecule has 0 rings (SSSR count). The Labute approximate surface area is 495 Å². The van der Waals surface area contributed by atoms with Crippen LogP contribution in [0.5, 0.6) is 0 Å². The van der Waals surface area contributed by atoms with Crippen LogP contribution in [0.2, 0.25) is 0 Å². The molecular formula is C74H126O6. The van der Waals surface area contributed by atoms with Gasteiger partial charge >= 0.3 is 17.9 Å². The van der Waals surface area contributed by atoms with Gasteiger partial charge in [-0.2, -0.15) is 0 Å². The highest BCUT2D eigenvalue weighted by molar-refractivity contribution is 5.71. The average Bonchev–Trinajstić information content (AvgIpc) is 3.46. The molecule has 0 bridgehead atoms. The first-order valence-corrected chi connectivity index (χ1v) is 33.9. The van der Waals surface area contributed by atoms with Gasteiger partial charge in [0.05, 0.1) is 0 Å². The second-order valence-electron chi connectivity index (χ2n) is 22.4. The fourth-order valence-electron chi connectivity index (χ4n) is 9.45. The van der Waals surface area contributed by atoms with Gasteiger partial charge in [0, 0.05) is 19.3 Å². The topological polar surface area (TPSA) is 78.9 Å². The molecule has 0 fully saturated rings. The molecule has 6 heteroatoms. The Kier molecular flexibility index (Phi) is 64.3. The van der Waals surface area contributed by atoms with Crippen molar-refractivity contribution in [3.05, 3.63) is 109 Å². The van der Waals surface area contributed by atoms with E-state index in [-0.39, 0.29) is 31.1 Å². The SMILES string of the molecule is CC/C=C\C/C=C\C/C=C\C/C=C\C/C=C\C/C=C\C/C=C\C/C=C\CCCCCCCCC(=O)OCC(COC(=O)CCCCCCCCCCCCCCCC)OC(=O)CCCCCCCCC/C=C\CCCCCCCC. The number of hydrogen-bond donors (Lipinski definition) is 0. The Morgan fingerprint density at radius 2 is 0.487 bits per heavy atom. The number of hydrogen-bond acceptors (Lipinski definition) is 6. The van der Waals surface area contributed by atoms with Crippen molar-refractivity contribution < 1.29 is 28.6 Å². The van der Waals surface area contributed by atoms with Crippen LogP contribution in [0.3, 0.4) is 0 Å². The lowest BCUT2D eigenvalue weighted by Crippen LogP contribution is -2.30. The number of allylic oxidation sites excluding steroid dienone is 18. The Morgan fingerprint density at radius 1 is 0.263 bits per heavy atom. The Hall–Kier alpha value is -3.93. The minimum Gasteiger partial charge on any atom is -0.462 e. The van der Waals surface area contributed by atoms with E-state index in [0.29, 0.717) is 19.3 Å². The van der Waals surface area contributed by atoms with Crippen molar-refractivity contribution in [2.75, 3.05) is 13.2 Å². The highest BCUT2D eigenvalue weighted by Gasteiger charge is 2.19. The monoisotopic (exact) mass is 1110 g/mol. The summed E-state index contributed by atoms with van der Waals surface area (Å²) in [4.78, 5) is 38.4. The molecule has 0 heterocycles. The lowest BCUT2D eigenvalue weighted by molar-refractivity contribution is -0.167. The van der Waals surface area contributed by atoms with Crippen LogP contribution in [0.15, 0.2) is 109 Å². The minimum absolute atomic E-state index is 0.0817. The zero-order valence-electron chi connectivity index (χ0n) is 52.6. The maximum atomic E-state index is 12.9. The molecule has 0 aromatic carbocycles. The lowest BCUT2D eigenvalue weighted by Gasteiger charge is -2.18. The molecule has 458 valence electrons. The van der Waals surface area contributed by atoms with E-state index in [9.17, 15) is 14.4 Å². The van der Waals surface area contributed by atoms with Gasteiger partial charge in [0.15, 0.2) is 6.10 Å². The van der Waals surface area contributed by atoms with Crippen LogP contribution in [0.1, 0.15) is 323 Å². The maximum absolute atomic E-state index is 12.9. The summed E-state index contributed by atoms with van der Waals surface area (Å²) < 4.78 is 16.9. The minimum atomic E-state index is -0.787. The number of carbonyl (C=O) groups excluding carboxylic acids is 3. The predicted molar refractivity (Wildman–Crippen MR) is 348 cm³/mol. The van der Waals surface area contributed by atoms with Crippen molar-refractivity contribution in [2.24, 2.45) is 0 Å². The third kappa shape index (κ3) is 64.9. The number of esters is 3. The van der Waals surface area contributed by atoms with Crippen LogP contribution >= 0.6 is 0 Å². The second-order valence-corrected chi connectivity index (χ2v) is 22.4. The molecule has 6 nitrogen and oxygen atoms in total. The third-order valence-corrected chi connectivity index (χ3v) is 14.5. The van der Waals surface area contributed by atoms with Crippen molar-refractivity contribution in [3.8, 4) is 0 Å². The van der Waals surface area contributed by atoms with Crippen LogP contribution in [0.25, 0.3) is 0 Å². The first-order chi connectivity index (χ1) is 39.5. The molecule has 0 amide bonds. The molecule has 0 N–H and O–H groups in total. The number of rotatable bonds is 61. The Bertz CT molecular complexity index is 1610. The highest BCUT2D eigenvalue weighted by atomic mass is 16.6. The van der Waals surface area contributed by atoms with Gasteiger partial charge in [-0.1, -0.05) is 304 Å². The molecule has 0 spiro atoms. The zero-order chi connectivity index (χ0) is 57.8. The molecule has 0 aromatic heterocycles. The van der Waals surface area contributed by atoms with Gasteiger partial charge in [-0.15, -0.1) is 0 Å². The predicted octanol–water partition coefficient (Wildman–Crippen LogP) is 23.4. The summed E-state index contributed by atoms with van der Waals surface area (Å²) in [7, 11) is 0. The normalized spacial score (nSPS) is 12.8. The van der Waals surface area contributed by atoms with E-state index in [1.54, 1.807) is 0 Å². The van der Waals surface area contributed by atoms with Gasteiger partial charge in [-0.05, 0) is 109 Å². The average molecular weight is 1110 g/mol. The van der Waals surface area contributed by atoms with E-state index >= 15 is 0 Å². The summed E-state index contributed by atoms with van der Waals surface area (Å²) >= 11 is 0.